The summed E-state index contributed by atoms with van der Waals surface area (Å²) in [4.78, 5) is 11.6. The van der Waals surface area contributed by atoms with Gasteiger partial charge in [0.2, 0.25) is 15.9 Å². The Bertz CT molecular complexity index is 509. The van der Waals surface area contributed by atoms with E-state index in [2.05, 4.69) is 12.2 Å². The van der Waals surface area contributed by atoms with Crippen molar-refractivity contribution in [3.05, 3.63) is 29.8 Å². The fraction of sp³-hybridized carbons (Fsp3) is 0.462. The van der Waals surface area contributed by atoms with Gasteiger partial charge in [-0.15, -0.1) is 0 Å². The van der Waals surface area contributed by atoms with Crippen molar-refractivity contribution in [3.63, 3.8) is 0 Å². The van der Waals surface area contributed by atoms with Crippen molar-refractivity contribution in [2.24, 2.45) is 5.14 Å². The highest BCUT2D eigenvalue weighted by Crippen LogP contribution is 2.12. The van der Waals surface area contributed by atoms with E-state index in [1.165, 1.54) is 0 Å². The zero-order valence-electron chi connectivity index (χ0n) is 11.1. The summed E-state index contributed by atoms with van der Waals surface area (Å²) >= 11 is 0. The second-order valence-electron chi connectivity index (χ2n) is 4.51. The van der Waals surface area contributed by atoms with Crippen LogP contribution in [-0.2, 0) is 20.6 Å². The van der Waals surface area contributed by atoms with Crippen LogP contribution in [0.5, 0.6) is 0 Å². The molecule has 0 heterocycles. The molecule has 0 atom stereocenters. The van der Waals surface area contributed by atoms with Gasteiger partial charge in [0.05, 0.1) is 5.75 Å². The quantitative estimate of drug-likeness (QED) is 0.750. The Morgan fingerprint density at radius 3 is 2.37 bits per heavy atom. The summed E-state index contributed by atoms with van der Waals surface area (Å²) in [5.74, 6) is -0.217. The Balaban J connectivity index is 2.50. The summed E-state index contributed by atoms with van der Waals surface area (Å²) in [5.41, 5.74) is 1.27. The lowest BCUT2D eigenvalue weighted by Crippen LogP contribution is -2.14. The number of nitrogens with one attached hydrogen (secondary N) is 1. The van der Waals surface area contributed by atoms with Gasteiger partial charge in [-0.1, -0.05) is 31.9 Å². The first kappa shape index (κ1) is 15.7. The number of primary sulfonamides is 1. The van der Waals surface area contributed by atoms with Gasteiger partial charge < -0.3 is 5.32 Å². The monoisotopic (exact) mass is 284 g/mol. The number of nitrogens with two attached hydrogens (primary N) is 1. The largest absolute Gasteiger partial charge is 0.326 e. The Hall–Kier alpha value is -1.40. The first-order chi connectivity index (χ1) is 8.90. The lowest BCUT2D eigenvalue weighted by molar-refractivity contribution is -0.116. The summed E-state index contributed by atoms with van der Waals surface area (Å²) in [6, 6.07) is 6.65. The normalized spacial score (nSPS) is 11.3. The third kappa shape index (κ3) is 6.93. The highest BCUT2D eigenvalue weighted by Gasteiger charge is 2.06. The van der Waals surface area contributed by atoms with Crippen LogP contribution in [0.1, 0.15) is 38.2 Å². The van der Waals surface area contributed by atoms with E-state index in [-0.39, 0.29) is 11.7 Å². The SMILES string of the molecule is CCCCCC(=O)Nc1ccc(CS(N)(=O)=O)cc1. The van der Waals surface area contributed by atoms with E-state index in [1.54, 1.807) is 24.3 Å². The Kier molecular flexibility index (Phi) is 5.98. The molecule has 5 nitrogen and oxygen atoms in total. The highest BCUT2D eigenvalue weighted by atomic mass is 32.2. The summed E-state index contributed by atoms with van der Waals surface area (Å²) in [7, 11) is -3.52. The number of anilines is 1. The number of carbonyl (C=O) groups excluding carboxylic acids is 1. The average molecular weight is 284 g/mol. The molecule has 0 aromatic heterocycles. The highest BCUT2D eigenvalue weighted by molar-refractivity contribution is 7.88. The van der Waals surface area contributed by atoms with Gasteiger partial charge in [0, 0.05) is 12.1 Å². The van der Waals surface area contributed by atoms with Crippen LogP contribution in [0.4, 0.5) is 5.69 Å². The summed E-state index contributed by atoms with van der Waals surface area (Å²) in [6.45, 7) is 2.09. The Morgan fingerprint density at radius 2 is 1.84 bits per heavy atom. The van der Waals surface area contributed by atoms with Crippen LogP contribution in [0, 0.1) is 0 Å². The van der Waals surface area contributed by atoms with E-state index in [4.69, 9.17) is 5.14 Å². The molecule has 0 fully saturated rings. The van der Waals surface area contributed by atoms with Gasteiger partial charge in [-0.2, -0.15) is 0 Å². The van der Waals surface area contributed by atoms with Gasteiger partial charge in [-0.05, 0) is 24.1 Å². The van der Waals surface area contributed by atoms with Crippen LogP contribution in [0.2, 0.25) is 0 Å². The van der Waals surface area contributed by atoms with Gasteiger partial charge in [-0.25, -0.2) is 13.6 Å². The van der Waals surface area contributed by atoms with E-state index in [0.717, 1.165) is 19.3 Å². The Labute approximate surface area is 114 Å². The number of benzene rings is 1. The lowest BCUT2D eigenvalue weighted by Gasteiger charge is -2.06. The van der Waals surface area contributed by atoms with Crippen LogP contribution >= 0.6 is 0 Å². The number of sulfonamides is 1. The average Bonchev–Trinajstić information content (AvgIpc) is 2.30. The standard InChI is InChI=1S/C13H20N2O3S/c1-2-3-4-5-13(16)15-12-8-6-11(7-9-12)10-19(14,17)18/h6-9H,2-5,10H2,1H3,(H,15,16)(H2,14,17,18). The van der Waals surface area contributed by atoms with Crippen molar-refractivity contribution in [2.75, 3.05) is 5.32 Å². The van der Waals surface area contributed by atoms with Crippen LogP contribution < -0.4 is 10.5 Å². The molecule has 1 amide bonds. The first-order valence-corrected chi connectivity index (χ1v) is 8.01. The van der Waals surface area contributed by atoms with Crippen LogP contribution in [0.15, 0.2) is 24.3 Å². The second kappa shape index (κ2) is 7.25. The molecule has 0 saturated carbocycles. The van der Waals surface area contributed by atoms with Gasteiger partial charge in [0.1, 0.15) is 0 Å². The molecule has 19 heavy (non-hydrogen) atoms. The molecular weight excluding hydrogens is 264 g/mol. The third-order valence-corrected chi connectivity index (χ3v) is 3.35. The lowest BCUT2D eigenvalue weighted by atomic mass is 10.2. The molecule has 0 bridgehead atoms. The Morgan fingerprint density at radius 1 is 1.21 bits per heavy atom. The molecule has 6 heteroatoms. The van der Waals surface area contributed by atoms with Gasteiger partial charge in [0.25, 0.3) is 0 Å². The number of hydrogen-bond donors (Lipinski definition) is 2. The molecule has 0 saturated heterocycles. The van der Waals surface area contributed by atoms with E-state index in [0.29, 0.717) is 17.7 Å². The fourth-order valence-electron chi connectivity index (χ4n) is 1.68. The summed E-state index contributed by atoms with van der Waals surface area (Å²) < 4.78 is 21.8. The van der Waals surface area contributed by atoms with Gasteiger partial charge in [-0.3, -0.25) is 4.79 Å². The fourth-order valence-corrected chi connectivity index (χ4v) is 2.33. The first-order valence-electron chi connectivity index (χ1n) is 6.30. The molecule has 0 spiro atoms. The van der Waals surface area contributed by atoms with E-state index in [9.17, 15) is 13.2 Å². The van der Waals surface area contributed by atoms with Crippen LogP contribution in [0.3, 0.4) is 0 Å². The van der Waals surface area contributed by atoms with Gasteiger partial charge >= 0.3 is 0 Å². The van der Waals surface area contributed by atoms with E-state index < -0.39 is 10.0 Å². The van der Waals surface area contributed by atoms with Crippen molar-refractivity contribution in [3.8, 4) is 0 Å². The molecule has 0 unspecified atom stereocenters. The smallest absolute Gasteiger partial charge is 0.224 e. The van der Waals surface area contributed by atoms with Crippen molar-refractivity contribution < 1.29 is 13.2 Å². The van der Waals surface area contributed by atoms with Gasteiger partial charge in [0.15, 0.2) is 0 Å². The maximum absolute atomic E-state index is 11.6. The molecule has 0 aliphatic carbocycles. The minimum absolute atomic E-state index is 0.0207. The molecule has 106 valence electrons. The zero-order valence-corrected chi connectivity index (χ0v) is 11.9. The number of carbonyl (C=O) groups is 1. The van der Waals surface area contributed by atoms with E-state index in [1.807, 2.05) is 0 Å². The van der Waals surface area contributed by atoms with E-state index >= 15 is 0 Å². The van der Waals surface area contributed by atoms with Crippen molar-refractivity contribution in [2.45, 2.75) is 38.4 Å². The maximum atomic E-state index is 11.6. The predicted molar refractivity (Wildman–Crippen MR) is 76.0 cm³/mol. The molecule has 1 rings (SSSR count). The molecule has 3 N–H and O–H groups in total. The maximum Gasteiger partial charge on any atom is 0.224 e. The minimum Gasteiger partial charge on any atom is -0.326 e. The molecule has 0 radical (unpaired) electrons. The molecular formula is C13H20N2O3S. The molecule has 1 aromatic rings. The molecule has 0 aliphatic rings. The van der Waals surface area contributed by atoms with Crippen molar-refractivity contribution in [1.82, 2.24) is 0 Å². The molecule has 0 aliphatic heterocycles. The topological polar surface area (TPSA) is 89.3 Å². The third-order valence-electron chi connectivity index (χ3n) is 2.61. The summed E-state index contributed by atoms with van der Waals surface area (Å²) in [6.07, 6.45) is 3.51. The van der Waals surface area contributed by atoms with Crippen molar-refractivity contribution in [1.29, 1.82) is 0 Å². The molecule has 1 aromatic carbocycles. The number of unbranched alkanes of at least 4 members (excludes halogenated alkanes) is 2. The predicted octanol–water partition coefficient (Wildman–Crippen LogP) is 1.99. The number of hydrogen-bond acceptors (Lipinski definition) is 3. The van der Waals surface area contributed by atoms with Crippen molar-refractivity contribution >= 4 is 21.6 Å². The summed E-state index contributed by atoms with van der Waals surface area (Å²) in [5, 5.41) is 7.73. The van der Waals surface area contributed by atoms with Crippen LogP contribution in [-0.4, -0.2) is 14.3 Å². The zero-order chi connectivity index (χ0) is 14.3. The number of amides is 1. The second-order valence-corrected chi connectivity index (χ2v) is 6.12. The van der Waals surface area contributed by atoms with Crippen LogP contribution in [0.25, 0.3) is 0 Å². The minimum atomic E-state index is -3.52. The number of rotatable bonds is 7.